The molecule has 4 atom stereocenters. The first-order valence-electron chi connectivity index (χ1n) is 15.4. The predicted octanol–water partition coefficient (Wildman–Crippen LogP) is 5.22. The van der Waals surface area contributed by atoms with E-state index in [9.17, 15) is 40.7 Å². The van der Waals surface area contributed by atoms with Crippen LogP contribution in [0.15, 0.2) is 47.4 Å². The van der Waals surface area contributed by atoms with E-state index in [0.717, 1.165) is 24.3 Å². The van der Waals surface area contributed by atoms with Crippen molar-refractivity contribution in [1.29, 1.82) is 0 Å². The number of sulfonamides is 1. The zero-order chi connectivity index (χ0) is 34.9. The number of ether oxygens (including phenoxy) is 2. The Hall–Kier alpha value is -3.43. The van der Waals surface area contributed by atoms with E-state index >= 15 is 0 Å². The van der Waals surface area contributed by atoms with Gasteiger partial charge in [0.15, 0.2) is 0 Å². The second-order valence-electron chi connectivity index (χ2n) is 12.0. The molecule has 2 aromatic carbocycles. The molecule has 2 aromatic rings. The summed E-state index contributed by atoms with van der Waals surface area (Å²) >= 11 is 0. The van der Waals surface area contributed by atoms with Crippen molar-refractivity contribution < 1.29 is 50.1 Å². The number of benzene rings is 2. The summed E-state index contributed by atoms with van der Waals surface area (Å²) in [5.41, 5.74) is 0.0706. The normalized spacial score (nSPS) is 20.8. The Balaban J connectivity index is 1.95. The van der Waals surface area contributed by atoms with Crippen molar-refractivity contribution in [3.05, 3.63) is 53.8 Å². The summed E-state index contributed by atoms with van der Waals surface area (Å²) in [6.07, 6.45) is -5.50. The number of aliphatic hydroxyl groups excluding tert-OH is 1. The lowest BCUT2D eigenvalue weighted by molar-refractivity contribution is -0.149. The SMILES string of the molecule is C[C@@H]1CN([C@H](C)CO)C(=O)c2cc(NS(=O)(=O)c3ccc(F)cc3)ccc2O[C@@H](C)CCCCO[C@@H]1CN(C)C(=O)CCC(F)(F)F. The van der Waals surface area contributed by atoms with Gasteiger partial charge in [-0.2, -0.15) is 13.2 Å². The molecule has 0 saturated heterocycles. The van der Waals surface area contributed by atoms with Gasteiger partial charge in [-0.1, -0.05) is 6.92 Å². The van der Waals surface area contributed by atoms with Gasteiger partial charge in [0.2, 0.25) is 5.91 Å². The fraction of sp³-hybridized carbons (Fsp3) is 0.562. The van der Waals surface area contributed by atoms with Gasteiger partial charge in [0.25, 0.3) is 15.9 Å². The summed E-state index contributed by atoms with van der Waals surface area (Å²) in [4.78, 5) is 29.1. The number of hydrogen-bond acceptors (Lipinski definition) is 7. The molecule has 262 valence electrons. The third-order valence-corrected chi connectivity index (χ3v) is 9.33. The van der Waals surface area contributed by atoms with E-state index in [1.54, 1.807) is 13.8 Å². The van der Waals surface area contributed by atoms with Crippen molar-refractivity contribution in [3.8, 4) is 5.75 Å². The van der Waals surface area contributed by atoms with Crippen LogP contribution in [0, 0.1) is 11.7 Å². The zero-order valence-corrected chi connectivity index (χ0v) is 27.7. The second-order valence-corrected chi connectivity index (χ2v) is 13.6. The summed E-state index contributed by atoms with van der Waals surface area (Å²) < 4.78 is 92.3. The molecule has 47 heavy (non-hydrogen) atoms. The van der Waals surface area contributed by atoms with E-state index < -0.39 is 71.3 Å². The van der Waals surface area contributed by atoms with E-state index in [0.29, 0.717) is 25.9 Å². The molecule has 2 amide bonds. The number of nitrogens with zero attached hydrogens (tertiary/aromatic N) is 2. The first-order valence-corrected chi connectivity index (χ1v) is 16.9. The summed E-state index contributed by atoms with van der Waals surface area (Å²) in [5.74, 6) is -2.11. The number of amides is 2. The van der Waals surface area contributed by atoms with E-state index in [1.165, 1.54) is 35.0 Å². The van der Waals surface area contributed by atoms with Crippen LogP contribution in [0.4, 0.5) is 23.2 Å². The second kappa shape index (κ2) is 16.6. The molecule has 0 bridgehead atoms. The van der Waals surface area contributed by atoms with Gasteiger partial charge in [-0.25, -0.2) is 12.8 Å². The number of anilines is 1. The number of rotatable bonds is 9. The largest absolute Gasteiger partial charge is 0.490 e. The zero-order valence-electron chi connectivity index (χ0n) is 26.9. The predicted molar refractivity (Wildman–Crippen MR) is 167 cm³/mol. The van der Waals surface area contributed by atoms with Crippen LogP contribution in [-0.4, -0.2) is 92.9 Å². The minimum atomic E-state index is -4.47. The topological polar surface area (TPSA) is 125 Å². The summed E-state index contributed by atoms with van der Waals surface area (Å²) in [7, 11) is -2.74. The van der Waals surface area contributed by atoms with Gasteiger partial charge in [0.05, 0.1) is 41.7 Å². The van der Waals surface area contributed by atoms with Gasteiger partial charge in [-0.3, -0.25) is 14.3 Å². The Morgan fingerprint density at radius 3 is 2.47 bits per heavy atom. The van der Waals surface area contributed by atoms with Crippen molar-refractivity contribution in [2.75, 3.05) is 38.1 Å². The maximum Gasteiger partial charge on any atom is 0.389 e. The molecule has 0 aliphatic carbocycles. The highest BCUT2D eigenvalue weighted by molar-refractivity contribution is 7.92. The Morgan fingerprint density at radius 2 is 1.83 bits per heavy atom. The number of aliphatic hydroxyl groups is 1. The Bertz CT molecular complexity index is 1460. The Labute approximate surface area is 273 Å². The maximum atomic E-state index is 14.2. The van der Waals surface area contributed by atoms with Gasteiger partial charge in [0.1, 0.15) is 11.6 Å². The highest BCUT2D eigenvalue weighted by Crippen LogP contribution is 2.30. The maximum absolute atomic E-state index is 14.2. The summed E-state index contributed by atoms with van der Waals surface area (Å²) in [6.45, 7) is 5.14. The molecule has 1 aliphatic heterocycles. The van der Waals surface area contributed by atoms with E-state index in [1.807, 2.05) is 6.92 Å². The average molecular weight is 690 g/mol. The molecule has 1 aliphatic rings. The lowest BCUT2D eigenvalue weighted by atomic mass is 10.0. The molecule has 0 aromatic heterocycles. The molecular weight excluding hydrogens is 646 g/mol. The van der Waals surface area contributed by atoms with Crippen molar-refractivity contribution in [1.82, 2.24) is 9.80 Å². The van der Waals surface area contributed by atoms with Crippen LogP contribution in [0.5, 0.6) is 5.75 Å². The summed E-state index contributed by atoms with van der Waals surface area (Å²) in [6, 6.07) is 7.79. The highest BCUT2D eigenvalue weighted by atomic mass is 32.2. The molecule has 1 heterocycles. The Kier molecular flexibility index (Phi) is 13.4. The number of carbonyl (C=O) groups excluding carboxylic acids is 2. The van der Waals surface area contributed by atoms with Crippen LogP contribution >= 0.6 is 0 Å². The average Bonchev–Trinajstić information content (AvgIpc) is 3.00. The minimum Gasteiger partial charge on any atom is -0.490 e. The number of likely N-dealkylation sites (N-methyl/N-ethyl adjacent to an activating group) is 1. The van der Waals surface area contributed by atoms with Crippen LogP contribution in [0.3, 0.4) is 0 Å². The molecule has 3 rings (SSSR count). The van der Waals surface area contributed by atoms with Crippen LogP contribution in [0.2, 0.25) is 0 Å². The molecule has 0 fully saturated rings. The number of halogens is 4. The third kappa shape index (κ3) is 11.4. The van der Waals surface area contributed by atoms with Crippen molar-refractivity contribution >= 4 is 27.5 Å². The van der Waals surface area contributed by atoms with E-state index in [-0.39, 0.29) is 41.1 Å². The smallest absolute Gasteiger partial charge is 0.389 e. The van der Waals surface area contributed by atoms with Gasteiger partial charge in [-0.15, -0.1) is 0 Å². The van der Waals surface area contributed by atoms with E-state index in [2.05, 4.69) is 4.72 Å². The summed E-state index contributed by atoms with van der Waals surface area (Å²) in [5, 5.41) is 10.1. The molecular formula is C32H43F4N3O7S. The van der Waals surface area contributed by atoms with Crippen LogP contribution in [0.25, 0.3) is 0 Å². The quantitative estimate of drug-likeness (QED) is 0.346. The lowest BCUT2D eigenvalue weighted by Crippen LogP contribution is -2.48. The van der Waals surface area contributed by atoms with Gasteiger partial charge < -0.3 is 24.4 Å². The number of carbonyl (C=O) groups is 2. The molecule has 0 unspecified atom stereocenters. The first kappa shape index (κ1) is 38.0. The van der Waals surface area contributed by atoms with Crippen molar-refractivity contribution in [2.24, 2.45) is 5.92 Å². The number of nitrogens with one attached hydrogen (secondary N) is 1. The first-order chi connectivity index (χ1) is 22.0. The third-order valence-electron chi connectivity index (χ3n) is 7.93. The van der Waals surface area contributed by atoms with Crippen LogP contribution in [0.1, 0.15) is 63.2 Å². The van der Waals surface area contributed by atoms with Crippen LogP contribution in [-0.2, 0) is 19.6 Å². The molecule has 0 saturated carbocycles. The fourth-order valence-corrected chi connectivity index (χ4v) is 6.14. The van der Waals surface area contributed by atoms with E-state index in [4.69, 9.17) is 9.47 Å². The Morgan fingerprint density at radius 1 is 1.15 bits per heavy atom. The molecule has 0 spiro atoms. The number of hydrogen-bond donors (Lipinski definition) is 2. The van der Waals surface area contributed by atoms with Crippen molar-refractivity contribution in [3.63, 3.8) is 0 Å². The van der Waals surface area contributed by atoms with Gasteiger partial charge >= 0.3 is 6.18 Å². The number of alkyl halides is 3. The van der Waals surface area contributed by atoms with Crippen molar-refractivity contribution in [2.45, 2.75) is 82.2 Å². The molecule has 2 N–H and O–H groups in total. The molecule has 0 radical (unpaired) electrons. The lowest BCUT2D eigenvalue weighted by Gasteiger charge is -2.36. The monoisotopic (exact) mass is 689 g/mol. The fourth-order valence-electron chi connectivity index (χ4n) is 5.09. The highest BCUT2D eigenvalue weighted by Gasteiger charge is 2.32. The van der Waals surface area contributed by atoms with Gasteiger partial charge in [-0.05, 0) is 75.6 Å². The van der Waals surface area contributed by atoms with Gasteiger partial charge in [0, 0.05) is 44.8 Å². The number of fused-ring (bicyclic) bond motifs is 1. The molecule has 15 heteroatoms. The molecule has 10 nitrogen and oxygen atoms in total. The minimum absolute atomic E-state index is 0.0151. The standard InChI is InChI=1S/C32H43F4N3O7S/c1-21-18-39(22(2)20-40)31(42)27-17-25(37-47(43,44)26-11-8-24(33)9-12-26)10-13-28(27)46-23(3)7-5-6-16-45-29(21)19-38(4)30(41)14-15-32(34,35)36/h8-13,17,21-23,29,37,40H,5-7,14-16,18-20H2,1-4H3/t21-,22-,23+,29-/m1/s1. The van der Waals surface area contributed by atoms with Crippen LogP contribution < -0.4 is 9.46 Å².